The molecule has 2 amide bonds. The standard InChI is InChI=1S/C15H24N4O4S/c1-19(2)11-3-9-17-14(20)15(21)18-10-8-12-4-6-13(7-5-12)24(16,22)23/h4-7H,3,8-11H2,1-2H3,(H,17,20)(H,18,21)(H2,16,22,23). The van der Waals surface area contributed by atoms with Crippen molar-refractivity contribution in [2.24, 2.45) is 5.14 Å². The summed E-state index contributed by atoms with van der Waals surface area (Å²) in [6.07, 6.45) is 1.24. The molecule has 0 saturated heterocycles. The monoisotopic (exact) mass is 356 g/mol. The number of nitrogens with zero attached hydrogens (tertiary/aromatic N) is 1. The van der Waals surface area contributed by atoms with Gasteiger partial charge in [0.05, 0.1) is 4.90 Å². The summed E-state index contributed by atoms with van der Waals surface area (Å²) in [5, 5.41) is 10.1. The Morgan fingerprint density at radius 1 is 1.04 bits per heavy atom. The van der Waals surface area contributed by atoms with Gasteiger partial charge in [-0.3, -0.25) is 9.59 Å². The zero-order valence-corrected chi connectivity index (χ0v) is 14.7. The summed E-state index contributed by atoms with van der Waals surface area (Å²) in [6, 6.07) is 6.05. The van der Waals surface area contributed by atoms with Crippen LogP contribution in [-0.4, -0.2) is 58.9 Å². The van der Waals surface area contributed by atoms with Gasteiger partial charge in [0, 0.05) is 13.1 Å². The lowest BCUT2D eigenvalue weighted by Crippen LogP contribution is -2.41. The van der Waals surface area contributed by atoms with E-state index in [4.69, 9.17) is 5.14 Å². The molecule has 24 heavy (non-hydrogen) atoms. The number of amides is 2. The number of benzene rings is 1. The minimum absolute atomic E-state index is 0.0346. The van der Waals surface area contributed by atoms with Gasteiger partial charge >= 0.3 is 11.8 Å². The van der Waals surface area contributed by atoms with E-state index < -0.39 is 21.8 Å². The summed E-state index contributed by atoms with van der Waals surface area (Å²) in [5.41, 5.74) is 0.828. The highest BCUT2D eigenvalue weighted by Gasteiger charge is 2.12. The maximum absolute atomic E-state index is 11.6. The summed E-state index contributed by atoms with van der Waals surface area (Å²) < 4.78 is 22.3. The van der Waals surface area contributed by atoms with Crippen LogP contribution in [0.25, 0.3) is 0 Å². The number of carbonyl (C=O) groups excluding carboxylic acids is 2. The molecule has 0 atom stereocenters. The largest absolute Gasteiger partial charge is 0.348 e. The zero-order chi connectivity index (χ0) is 18.2. The van der Waals surface area contributed by atoms with Gasteiger partial charge in [-0.2, -0.15) is 0 Å². The number of sulfonamides is 1. The first-order valence-corrected chi connectivity index (χ1v) is 9.07. The van der Waals surface area contributed by atoms with Crippen LogP contribution in [0.5, 0.6) is 0 Å². The Balaban J connectivity index is 2.31. The highest BCUT2D eigenvalue weighted by molar-refractivity contribution is 7.89. The minimum Gasteiger partial charge on any atom is -0.348 e. The predicted molar refractivity (Wildman–Crippen MR) is 90.7 cm³/mol. The topological polar surface area (TPSA) is 122 Å². The second kappa shape index (κ2) is 9.36. The number of primary sulfonamides is 1. The Hall–Kier alpha value is -1.97. The Kier molecular flexibility index (Phi) is 7.83. The fraction of sp³-hybridized carbons (Fsp3) is 0.467. The van der Waals surface area contributed by atoms with Gasteiger partial charge in [-0.1, -0.05) is 12.1 Å². The van der Waals surface area contributed by atoms with Gasteiger partial charge in [0.25, 0.3) is 0 Å². The van der Waals surface area contributed by atoms with Gasteiger partial charge < -0.3 is 15.5 Å². The molecule has 1 aromatic rings. The molecule has 1 rings (SSSR count). The van der Waals surface area contributed by atoms with E-state index in [1.165, 1.54) is 12.1 Å². The van der Waals surface area contributed by atoms with Gasteiger partial charge in [0.1, 0.15) is 0 Å². The minimum atomic E-state index is -3.71. The van der Waals surface area contributed by atoms with Crippen LogP contribution in [0.2, 0.25) is 0 Å². The Bertz CT molecular complexity index is 657. The highest BCUT2D eigenvalue weighted by atomic mass is 32.2. The van der Waals surface area contributed by atoms with E-state index >= 15 is 0 Å². The molecule has 1 aromatic carbocycles. The number of nitrogens with one attached hydrogen (secondary N) is 2. The number of hydrogen-bond acceptors (Lipinski definition) is 5. The van der Waals surface area contributed by atoms with Crippen molar-refractivity contribution in [3.8, 4) is 0 Å². The molecule has 0 spiro atoms. The lowest BCUT2D eigenvalue weighted by atomic mass is 10.1. The first kappa shape index (κ1) is 20.1. The summed E-state index contributed by atoms with van der Waals surface area (Å²) in [4.78, 5) is 25.2. The van der Waals surface area contributed by atoms with Crippen LogP contribution in [-0.2, 0) is 26.0 Å². The molecule has 4 N–H and O–H groups in total. The number of hydrogen-bond donors (Lipinski definition) is 3. The summed E-state index contributed by atoms with van der Waals surface area (Å²) in [7, 11) is 0.162. The van der Waals surface area contributed by atoms with Crippen LogP contribution in [0.15, 0.2) is 29.2 Å². The van der Waals surface area contributed by atoms with Crippen molar-refractivity contribution in [1.82, 2.24) is 15.5 Å². The Morgan fingerprint density at radius 3 is 2.08 bits per heavy atom. The van der Waals surface area contributed by atoms with Crippen molar-refractivity contribution >= 4 is 21.8 Å². The molecular weight excluding hydrogens is 332 g/mol. The first-order valence-electron chi connectivity index (χ1n) is 7.52. The highest BCUT2D eigenvalue weighted by Crippen LogP contribution is 2.08. The second-order valence-electron chi connectivity index (χ2n) is 5.61. The van der Waals surface area contributed by atoms with E-state index in [2.05, 4.69) is 10.6 Å². The molecule has 134 valence electrons. The van der Waals surface area contributed by atoms with E-state index in [1.807, 2.05) is 19.0 Å². The Labute approximate surface area is 142 Å². The summed E-state index contributed by atoms with van der Waals surface area (Å²) in [6.45, 7) is 1.55. The molecule has 0 aliphatic rings. The van der Waals surface area contributed by atoms with Gasteiger partial charge in [-0.05, 0) is 51.2 Å². The molecule has 0 fully saturated rings. The van der Waals surface area contributed by atoms with E-state index in [-0.39, 0.29) is 11.4 Å². The Morgan fingerprint density at radius 2 is 1.58 bits per heavy atom. The predicted octanol–water partition coefficient (Wildman–Crippen LogP) is -0.939. The fourth-order valence-corrected chi connectivity index (χ4v) is 2.44. The molecule has 0 radical (unpaired) electrons. The number of rotatable bonds is 8. The number of carbonyl (C=O) groups is 2. The molecule has 0 aliphatic carbocycles. The van der Waals surface area contributed by atoms with Crippen LogP contribution < -0.4 is 15.8 Å². The fourth-order valence-electron chi connectivity index (χ4n) is 1.92. The van der Waals surface area contributed by atoms with Gasteiger partial charge in [0.2, 0.25) is 10.0 Å². The van der Waals surface area contributed by atoms with Crippen LogP contribution in [0.3, 0.4) is 0 Å². The van der Waals surface area contributed by atoms with Crippen LogP contribution >= 0.6 is 0 Å². The third-order valence-electron chi connectivity index (χ3n) is 3.23. The van der Waals surface area contributed by atoms with Gasteiger partial charge in [0.15, 0.2) is 0 Å². The van der Waals surface area contributed by atoms with E-state index in [0.717, 1.165) is 18.5 Å². The maximum atomic E-state index is 11.6. The molecule has 9 heteroatoms. The second-order valence-corrected chi connectivity index (χ2v) is 7.17. The molecule has 0 heterocycles. The lowest BCUT2D eigenvalue weighted by Gasteiger charge is -2.10. The lowest BCUT2D eigenvalue weighted by molar-refractivity contribution is -0.139. The first-order chi connectivity index (χ1) is 11.2. The average Bonchev–Trinajstić information content (AvgIpc) is 2.50. The maximum Gasteiger partial charge on any atom is 0.309 e. The SMILES string of the molecule is CN(C)CCCNC(=O)C(=O)NCCc1ccc(S(N)(=O)=O)cc1. The molecule has 8 nitrogen and oxygen atoms in total. The zero-order valence-electron chi connectivity index (χ0n) is 13.9. The smallest absolute Gasteiger partial charge is 0.309 e. The third-order valence-corrected chi connectivity index (χ3v) is 4.15. The van der Waals surface area contributed by atoms with Crippen molar-refractivity contribution in [1.29, 1.82) is 0 Å². The molecule has 0 aliphatic heterocycles. The summed E-state index contributed by atoms with van der Waals surface area (Å²) >= 11 is 0. The molecule has 0 saturated carbocycles. The van der Waals surface area contributed by atoms with Crippen molar-refractivity contribution < 1.29 is 18.0 Å². The van der Waals surface area contributed by atoms with Gasteiger partial charge in [-0.25, -0.2) is 13.6 Å². The molecule has 0 unspecified atom stereocenters. The normalized spacial score (nSPS) is 11.3. The summed E-state index contributed by atoms with van der Waals surface area (Å²) in [5.74, 6) is -1.33. The van der Waals surface area contributed by atoms with Crippen molar-refractivity contribution in [3.63, 3.8) is 0 Å². The van der Waals surface area contributed by atoms with Crippen molar-refractivity contribution in [2.45, 2.75) is 17.7 Å². The van der Waals surface area contributed by atoms with E-state index in [0.29, 0.717) is 13.0 Å². The van der Waals surface area contributed by atoms with Crippen LogP contribution in [0, 0.1) is 0 Å². The van der Waals surface area contributed by atoms with Crippen molar-refractivity contribution in [2.75, 3.05) is 33.7 Å². The van der Waals surface area contributed by atoms with Crippen LogP contribution in [0.1, 0.15) is 12.0 Å². The van der Waals surface area contributed by atoms with Crippen molar-refractivity contribution in [3.05, 3.63) is 29.8 Å². The number of nitrogens with two attached hydrogens (primary N) is 1. The third kappa shape index (κ3) is 7.53. The quantitative estimate of drug-likeness (QED) is 0.410. The average molecular weight is 356 g/mol. The molecule has 0 aromatic heterocycles. The molecule has 0 bridgehead atoms. The van der Waals surface area contributed by atoms with Crippen LogP contribution in [0.4, 0.5) is 0 Å². The van der Waals surface area contributed by atoms with E-state index in [1.54, 1.807) is 12.1 Å². The molecular formula is C15H24N4O4S. The van der Waals surface area contributed by atoms with E-state index in [9.17, 15) is 18.0 Å². The van der Waals surface area contributed by atoms with Gasteiger partial charge in [-0.15, -0.1) is 0 Å².